The summed E-state index contributed by atoms with van der Waals surface area (Å²) in [5.74, 6) is -1.56. The van der Waals surface area contributed by atoms with Crippen LogP contribution in [0.15, 0.2) is 4.99 Å². The van der Waals surface area contributed by atoms with E-state index in [9.17, 15) is 14.4 Å². The maximum absolute atomic E-state index is 11.8. The maximum Gasteiger partial charge on any atom is 0.626 e. The van der Waals surface area contributed by atoms with E-state index in [-0.39, 0.29) is 19.0 Å². The Hall–Kier alpha value is -1.66. The van der Waals surface area contributed by atoms with Crippen LogP contribution in [0.3, 0.4) is 0 Å². The van der Waals surface area contributed by atoms with Gasteiger partial charge in [-0.05, 0) is 25.8 Å². The second-order valence-electron chi connectivity index (χ2n) is 5.63. The molecule has 0 aromatic heterocycles. The Labute approximate surface area is 123 Å². The van der Waals surface area contributed by atoms with Gasteiger partial charge < -0.3 is 9.31 Å². The minimum atomic E-state index is -1.12. The van der Waals surface area contributed by atoms with Gasteiger partial charge in [-0.1, -0.05) is 19.3 Å². The first-order chi connectivity index (χ1) is 10.1. The van der Waals surface area contributed by atoms with Crippen molar-refractivity contribution in [3.63, 3.8) is 0 Å². The first kappa shape index (κ1) is 15.7. The molecule has 7 nitrogen and oxygen atoms in total. The monoisotopic (exact) mass is 294 g/mol. The standard InChI is InChI=1S/C13H19BN2O5/c1-16-7-11(18)20-14(21-12(19)8-16)13(15-9-17)10-5-3-2-4-6-10/h10,13H,2-8H2,1H3. The van der Waals surface area contributed by atoms with Crippen LogP contribution in [-0.2, 0) is 23.7 Å². The van der Waals surface area contributed by atoms with E-state index >= 15 is 0 Å². The minimum Gasteiger partial charge on any atom is -0.497 e. The highest BCUT2D eigenvalue weighted by atomic mass is 16.6. The van der Waals surface area contributed by atoms with Gasteiger partial charge in [-0.25, -0.2) is 9.79 Å². The van der Waals surface area contributed by atoms with Crippen LogP contribution in [-0.4, -0.2) is 56.1 Å². The summed E-state index contributed by atoms with van der Waals surface area (Å²) >= 11 is 0. The van der Waals surface area contributed by atoms with Gasteiger partial charge in [0.25, 0.3) is 0 Å². The molecule has 1 aliphatic heterocycles. The van der Waals surface area contributed by atoms with Crippen LogP contribution in [0.5, 0.6) is 0 Å². The van der Waals surface area contributed by atoms with Crippen molar-refractivity contribution in [2.24, 2.45) is 10.9 Å². The predicted molar refractivity (Wildman–Crippen MR) is 73.9 cm³/mol. The molecule has 1 saturated heterocycles. The highest BCUT2D eigenvalue weighted by molar-refractivity contribution is 6.51. The topological polar surface area (TPSA) is 85.3 Å². The van der Waals surface area contributed by atoms with Crippen molar-refractivity contribution in [3.05, 3.63) is 0 Å². The van der Waals surface area contributed by atoms with Crippen LogP contribution < -0.4 is 0 Å². The molecule has 2 fully saturated rings. The first-order valence-corrected chi connectivity index (χ1v) is 7.24. The Morgan fingerprint density at radius 1 is 1.19 bits per heavy atom. The fourth-order valence-electron chi connectivity index (χ4n) is 2.92. The molecule has 1 heterocycles. The summed E-state index contributed by atoms with van der Waals surface area (Å²) in [5.41, 5.74) is 0. The van der Waals surface area contributed by atoms with E-state index in [4.69, 9.17) is 9.31 Å². The van der Waals surface area contributed by atoms with Gasteiger partial charge in [0.1, 0.15) is 5.94 Å². The van der Waals surface area contributed by atoms with Gasteiger partial charge >= 0.3 is 19.1 Å². The van der Waals surface area contributed by atoms with E-state index in [1.807, 2.05) is 0 Å². The number of carbonyl (C=O) groups is 2. The molecule has 21 heavy (non-hydrogen) atoms. The lowest BCUT2D eigenvalue weighted by Crippen LogP contribution is -2.49. The first-order valence-electron chi connectivity index (χ1n) is 7.24. The molecule has 2 aliphatic rings. The Morgan fingerprint density at radius 2 is 1.76 bits per heavy atom. The number of aliphatic imine (C=N–C) groups is 1. The van der Waals surface area contributed by atoms with Gasteiger partial charge in [0.15, 0.2) is 0 Å². The smallest absolute Gasteiger partial charge is 0.497 e. The summed E-state index contributed by atoms with van der Waals surface area (Å²) in [6, 6.07) is 0. The average Bonchev–Trinajstić information content (AvgIpc) is 2.43. The van der Waals surface area contributed by atoms with Crippen LogP contribution in [0.1, 0.15) is 32.1 Å². The number of nitrogens with zero attached hydrogens (tertiary/aromatic N) is 2. The summed E-state index contributed by atoms with van der Waals surface area (Å²) in [4.78, 5) is 39.5. The van der Waals surface area contributed by atoms with Crippen molar-refractivity contribution in [1.29, 1.82) is 0 Å². The summed E-state index contributed by atoms with van der Waals surface area (Å²) in [6.45, 7) is 0.0155. The van der Waals surface area contributed by atoms with E-state index in [2.05, 4.69) is 4.99 Å². The molecule has 0 spiro atoms. The second-order valence-corrected chi connectivity index (χ2v) is 5.63. The zero-order valence-corrected chi connectivity index (χ0v) is 12.1. The molecule has 1 atom stereocenters. The van der Waals surface area contributed by atoms with Crippen LogP contribution in [0.2, 0.25) is 0 Å². The molecule has 0 radical (unpaired) electrons. The zero-order chi connectivity index (χ0) is 15.2. The van der Waals surface area contributed by atoms with E-state index in [0.29, 0.717) is 0 Å². The highest BCUT2D eigenvalue weighted by Crippen LogP contribution is 2.29. The van der Waals surface area contributed by atoms with Crippen LogP contribution >= 0.6 is 0 Å². The maximum atomic E-state index is 11.8. The number of hydrogen-bond donors (Lipinski definition) is 0. The van der Waals surface area contributed by atoms with Gasteiger partial charge in [-0.3, -0.25) is 14.5 Å². The van der Waals surface area contributed by atoms with Gasteiger partial charge in [-0.15, -0.1) is 0 Å². The molecule has 0 N–H and O–H groups in total. The van der Waals surface area contributed by atoms with Gasteiger partial charge in [0, 0.05) is 0 Å². The largest absolute Gasteiger partial charge is 0.626 e. The van der Waals surface area contributed by atoms with E-state index in [1.54, 1.807) is 7.05 Å². The predicted octanol–water partition coefficient (Wildman–Crippen LogP) is 0.330. The number of carbonyl (C=O) groups excluding carboxylic acids is 3. The van der Waals surface area contributed by atoms with Crippen LogP contribution in [0, 0.1) is 5.92 Å². The number of likely N-dealkylation sites (N-methyl/N-ethyl adjacent to an activating group) is 1. The number of isocyanates is 1. The summed E-state index contributed by atoms with van der Waals surface area (Å²) in [7, 11) is 0.508. The van der Waals surface area contributed by atoms with Gasteiger partial charge in [-0.2, -0.15) is 0 Å². The minimum absolute atomic E-state index is 0.00773. The molecule has 1 saturated carbocycles. The molecule has 1 unspecified atom stereocenters. The fraction of sp³-hybridized carbons (Fsp3) is 0.769. The Bertz CT molecular complexity index is 426. The second kappa shape index (κ2) is 7.38. The summed E-state index contributed by atoms with van der Waals surface area (Å²) < 4.78 is 10.4. The lowest BCUT2D eigenvalue weighted by molar-refractivity contribution is -0.146. The van der Waals surface area contributed by atoms with E-state index in [1.165, 1.54) is 11.0 Å². The van der Waals surface area contributed by atoms with Crippen molar-refractivity contribution in [2.45, 2.75) is 38.0 Å². The molecule has 114 valence electrons. The van der Waals surface area contributed by atoms with Crippen LogP contribution in [0.4, 0.5) is 0 Å². The van der Waals surface area contributed by atoms with Crippen molar-refractivity contribution < 1.29 is 23.7 Å². The number of rotatable bonds is 3. The van der Waals surface area contributed by atoms with Crippen LogP contribution in [0.25, 0.3) is 0 Å². The quantitative estimate of drug-likeness (QED) is 0.423. The average molecular weight is 294 g/mol. The van der Waals surface area contributed by atoms with E-state index in [0.717, 1.165) is 32.1 Å². The SMILES string of the molecule is CN1CC(=O)OB(C(N=C=O)C2CCCCC2)OC(=O)C1. The fourth-order valence-corrected chi connectivity index (χ4v) is 2.92. The normalized spacial score (nSPS) is 23.4. The molecule has 0 amide bonds. The summed E-state index contributed by atoms with van der Waals surface area (Å²) in [5, 5.41) is 0. The van der Waals surface area contributed by atoms with Crippen molar-refractivity contribution in [2.75, 3.05) is 20.1 Å². The molecular weight excluding hydrogens is 275 g/mol. The van der Waals surface area contributed by atoms with Gasteiger partial charge in [0.05, 0.1) is 13.1 Å². The third-order valence-electron chi connectivity index (χ3n) is 3.91. The third kappa shape index (κ3) is 4.41. The van der Waals surface area contributed by atoms with Crippen molar-refractivity contribution in [1.82, 2.24) is 4.90 Å². The molecule has 0 aromatic rings. The van der Waals surface area contributed by atoms with Crippen molar-refractivity contribution in [3.8, 4) is 0 Å². The van der Waals surface area contributed by atoms with Gasteiger partial charge in [0.2, 0.25) is 6.08 Å². The molecule has 0 aromatic carbocycles. The zero-order valence-electron chi connectivity index (χ0n) is 12.1. The lowest BCUT2D eigenvalue weighted by atomic mass is 9.66. The molecule has 1 aliphatic carbocycles. The molecule has 2 rings (SSSR count). The molecule has 8 heteroatoms. The Kier molecular flexibility index (Phi) is 5.53. The Morgan fingerprint density at radius 3 is 2.29 bits per heavy atom. The number of hydrogen-bond acceptors (Lipinski definition) is 7. The molecular formula is C13H19BN2O5. The summed E-state index contributed by atoms with van der Waals surface area (Å²) in [6.07, 6.45) is 6.48. The molecule has 0 bridgehead atoms. The van der Waals surface area contributed by atoms with E-state index < -0.39 is 25.0 Å². The van der Waals surface area contributed by atoms with Crippen molar-refractivity contribution >= 4 is 25.1 Å². The highest BCUT2D eigenvalue weighted by Gasteiger charge is 2.44. The Balaban J connectivity index is 2.14. The lowest BCUT2D eigenvalue weighted by Gasteiger charge is -2.30. The third-order valence-corrected chi connectivity index (χ3v) is 3.91.